The van der Waals surface area contributed by atoms with Crippen LogP contribution in [0.1, 0.15) is 33.4 Å². The van der Waals surface area contributed by atoms with Crippen molar-refractivity contribution < 1.29 is 0 Å². The monoisotopic (exact) mass is 388 g/mol. The minimum absolute atomic E-state index is 0.964. The molecule has 0 saturated carbocycles. The zero-order chi connectivity index (χ0) is 18.8. The fraction of sp³-hybridized carbons (Fsp3) is 0.455. The van der Waals surface area contributed by atoms with Gasteiger partial charge >= 0.3 is 0 Å². The van der Waals surface area contributed by atoms with Crippen molar-refractivity contribution in [3.63, 3.8) is 0 Å². The van der Waals surface area contributed by atoms with Crippen LogP contribution in [0.2, 0.25) is 0 Å². The Kier molecular flexibility index (Phi) is 9.62. The van der Waals surface area contributed by atoms with Gasteiger partial charge in [-0.2, -0.15) is 0 Å². The minimum atomic E-state index is 0.964. The first-order valence-electron chi connectivity index (χ1n) is 9.33. The molecule has 0 amide bonds. The van der Waals surface area contributed by atoms with Crippen molar-refractivity contribution in [3.05, 3.63) is 69.8 Å². The summed E-state index contributed by atoms with van der Waals surface area (Å²) in [4.78, 5) is 0. The highest BCUT2D eigenvalue weighted by atomic mass is 33.1. The van der Waals surface area contributed by atoms with Crippen LogP contribution in [0.25, 0.3) is 0 Å². The summed E-state index contributed by atoms with van der Waals surface area (Å²) in [6.45, 7) is 12.7. The van der Waals surface area contributed by atoms with Gasteiger partial charge in [-0.25, -0.2) is 0 Å². The van der Waals surface area contributed by atoms with E-state index in [4.69, 9.17) is 0 Å². The van der Waals surface area contributed by atoms with Gasteiger partial charge in [0.15, 0.2) is 0 Å². The molecule has 0 aromatic heterocycles. The van der Waals surface area contributed by atoms with Gasteiger partial charge in [-0.1, -0.05) is 80.2 Å². The summed E-state index contributed by atoms with van der Waals surface area (Å²) in [5.74, 6) is 2.29. The molecule has 0 aliphatic carbocycles. The number of benzene rings is 2. The Morgan fingerprint density at radius 1 is 0.577 bits per heavy atom. The van der Waals surface area contributed by atoms with Gasteiger partial charge in [0.25, 0.3) is 0 Å². The Hall–Kier alpha value is -0.940. The highest BCUT2D eigenvalue weighted by Gasteiger charge is 1.98. The van der Waals surface area contributed by atoms with Gasteiger partial charge in [0, 0.05) is 37.7 Å². The van der Waals surface area contributed by atoms with Gasteiger partial charge < -0.3 is 10.6 Å². The highest BCUT2D eigenvalue weighted by Crippen LogP contribution is 2.19. The van der Waals surface area contributed by atoms with E-state index in [1.54, 1.807) is 0 Å². The third kappa shape index (κ3) is 8.63. The molecule has 0 bridgehead atoms. The van der Waals surface area contributed by atoms with Crippen molar-refractivity contribution in [2.75, 3.05) is 24.6 Å². The lowest BCUT2D eigenvalue weighted by Gasteiger charge is -2.08. The SMILES string of the molecule is Cc1cc(C)cc(CNCCSSCCNCc2cc(C)cc(C)c2)c1. The van der Waals surface area contributed by atoms with Crippen LogP contribution in [0.15, 0.2) is 36.4 Å². The van der Waals surface area contributed by atoms with Crippen molar-refractivity contribution >= 4 is 21.6 Å². The van der Waals surface area contributed by atoms with E-state index < -0.39 is 0 Å². The summed E-state index contributed by atoms with van der Waals surface area (Å²) in [6, 6.07) is 13.5. The third-order valence-electron chi connectivity index (χ3n) is 4.03. The largest absolute Gasteiger partial charge is 0.312 e. The van der Waals surface area contributed by atoms with Gasteiger partial charge in [-0.3, -0.25) is 0 Å². The molecule has 2 nitrogen and oxygen atoms in total. The van der Waals surface area contributed by atoms with Gasteiger partial charge in [-0.15, -0.1) is 0 Å². The molecule has 0 unspecified atom stereocenters. The normalized spacial score (nSPS) is 11.1. The van der Waals surface area contributed by atoms with E-state index >= 15 is 0 Å². The predicted octanol–water partition coefficient (Wildman–Crippen LogP) is 5.18. The molecule has 2 N–H and O–H groups in total. The average molecular weight is 389 g/mol. The van der Waals surface area contributed by atoms with E-state index in [1.807, 2.05) is 21.6 Å². The van der Waals surface area contributed by atoms with Crippen molar-refractivity contribution in [3.8, 4) is 0 Å². The van der Waals surface area contributed by atoms with Gasteiger partial charge in [0.2, 0.25) is 0 Å². The lowest BCUT2D eigenvalue weighted by molar-refractivity contribution is 0.730. The van der Waals surface area contributed by atoms with Crippen LogP contribution in [0.3, 0.4) is 0 Å². The van der Waals surface area contributed by atoms with E-state index in [0.717, 1.165) is 37.7 Å². The summed E-state index contributed by atoms with van der Waals surface area (Å²) >= 11 is 0. The first-order chi connectivity index (χ1) is 12.5. The van der Waals surface area contributed by atoms with E-state index in [9.17, 15) is 0 Å². The number of aryl methyl sites for hydroxylation is 4. The fourth-order valence-corrected chi connectivity index (χ4v) is 5.05. The smallest absolute Gasteiger partial charge is 0.0206 e. The minimum Gasteiger partial charge on any atom is -0.312 e. The molecular weight excluding hydrogens is 356 g/mol. The van der Waals surface area contributed by atoms with Crippen molar-refractivity contribution in [1.29, 1.82) is 0 Å². The van der Waals surface area contributed by atoms with Crippen LogP contribution in [0.4, 0.5) is 0 Å². The molecule has 0 atom stereocenters. The van der Waals surface area contributed by atoms with Crippen molar-refractivity contribution in [1.82, 2.24) is 10.6 Å². The fourth-order valence-electron chi connectivity index (χ4n) is 3.15. The highest BCUT2D eigenvalue weighted by molar-refractivity contribution is 8.76. The maximum absolute atomic E-state index is 3.54. The van der Waals surface area contributed by atoms with Crippen molar-refractivity contribution in [2.24, 2.45) is 0 Å². The van der Waals surface area contributed by atoms with E-state index in [0.29, 0.717) is 0 Å². The number of hydrogen-bond acceptors (Lipinski definition) is 4. The third-order valence-corrected chi connectivity index (χ3v) is 6.44. The maximum Gasteiger partial charge on any atom is 0.0206 e. The molecule has 2 aromatic carbocycles. The molecule has 142 valence electrons. The Morgan fingerprint density at radius 3 is 1.27 bits per heavy atom. The first kappa shape index (κ1) is 21.4. The Bertz CT molecular complexity index is 586. The summed E-state index contributed by atoms with van der Waals surface area (Å²) in [5, 5.41) is 7.08. The summed E-state index contributed by atoms with van der Waals surface area (Å²) < 4.78 is 0. The van der Waals surface area contributed by atoms with E-state index in [-0.39, 0.29) is 0 Å². The molecule has 4 heteroatoms. The zero-order valence-electron chi connectivity index (χ0n) is 16.5. The average Bonchev–Trinajstić information content (AvgIpc) is 2.55. The van der Waals surface area contributed by atoms with Crippen molar-refractivity contribution in [2.45, 2.75) is 40.8 Å². The summed E-state index contributed by atoms with van der Waals surface area (Å²) in [7, 11) is 3.92. The second-order valence-electron chi connectivity index (χ2n) is 6.99. The molecule has 0 spiro atoms. The van der Waals surface area contributed by atoms with Crippen LogP contribution in [-0.4, -0.2) is 24.6 Å². The number of nitrogens with one attached hydrogen (secondary N) is 2. The second kappa shape index (κ2) is 11.7. The number of rotatable bonds is 11. The van der Waals surface area contributed by atoms with Gasteiger partial charge in [-0.05, 0) is 38.8 Å². The Balaban J connectivity index is 1.47. The standard InChI is InChI=1S/C22H32N2S2/c1-17-9-18(2)12-21(11-17)15-23-5-7-25-26-8-6-24-16-22-13-19(3)10-20(4)14-22/h9-14,23-24H,5-8,15-16H2,1-4H3. The summed E-state index contributed by atoms with van der Waals surface area (Å²) in [5.41, 5.74) is 8.16. The molecule has 2 rings (SSSR count). The quantitative estimate of drug-likeness (QED) is 0.409. The molecule has 0 heterocycles. The van der Waals surface area contributed by atoms with Gasteiger partial charge in [0.1, 0.15) is 0 Å². The van der Waals surface area contributed by atoms with Crippen LogP contribution < -0.4 is 10.6 Å². The topological polar surface area (TPSA) is 24.1 Å². The van der Waals surface area contributed by atoms with Crippen LogP contribution in [-0.2, 0) is 13.1 Å². The zero-order valence-corrected chi connectivity index (χ0v) is 18.2. The van der Waals surface area contributed by atoms with Crippen LogP contribution in [0, 0.1) is 27.7 Å². The maximum atomic E-state index is 3.54. The predicted molar refractivity (Wildman–Crippen MR) is 120 cm³/mol. The van der Waals surface area contributed by atoms with E-state index in [2.05, 4.69) is 74.7 Å². The molecule has 0 aliphatic rings. The molecule has 0 aliphatic heterocycles. The summed E-state index contributed by atoms with van der Waals surface area (Å²) in [6.07, 6.45) is 0. The van der Waals surface area contributed by atoms with Gasteiger partial charge in [0.05, 0.1) is 0 Å². The molecule has 0 radical (unpaired) electrons. The molecule has 2 aromatic rings. The lowest BCUT2D eigenvalue weighted by atomic mass is 10.1. The molecule has 0 fully saturated rings. The Labute approximate surface area is 167 Å². The molecule has 0 saturated heterocycles. The molecule has 26 heavy (non-hydrogen) atoms. The van der Waals surface area contributed by atoms with Crippen LogP contribution in [0.5, 0.6) is 0 Å². The van der Waals surface area contributed by atoms with Crippen LogP contribution >= 0.6 is 21.6 Å². The Morgan fingerprint density at radius 2 is 0.923 bits per heavy atom. The lowest BCUT2D eigenvalue weighted by Crippen LogP contribution is -2.17. The second-order valence-corrected chi connectivity index (χ2v) is 9.69. The molecular formula is C22H32N2S2. The number of hydrogen-bond donors (Lipinski definition) is 2. The first-order valence-corrected chi connectivity index (χ1v) is 11.8. The van der Waals surface area contributed by atoms with E-state index in [1.165, 1.54) is 33.4 Å².